The zero-order valence-corrected chi connectivity index (χ0v) is 10.1. The van der Waals surface area contributed by atoms with Crippen molar-refractivity contribution in [2.75, 3.05) is 14.2 Å². The molecule has 0 unspecified atom stereocenters. The molecule has 0 N–H and O–H groups in total. The molecule has 4 nitrogen and oxygen atoms in total. The van der Waals surface area contributed by atoms with Gasteiger partial charge in [-0.05, 0) is 34.1 Å². The minimum absolute atomic E-state index is 0.237. The highest BCUT2D eigenvalue weighted by Crippen LogP contribution is 2.07. The predicted molar refractivity (Wildman–Crippen MR) is 60.8 cm³/mol. The van der Waals surface area contributed by atoms with Crippen LogP contribution in [0.5, 0.6) is 0 Å². The number of hydrogen-bond donors (Lipinski definition) is 0. The summed E-state index contributed by atoms with van der Waals surface area (Å²) in [7, 11) is 2.98. The van der Waals surface area contributed by atoms with Crippen LogP contribution in [0, 0.1) is 0 Å². The summed E-state index contributed by atoms with van der Waals surface area (Å²) >= 11 is 3.25. The first kappa shape index (κ1) is 11.9. The number of nitrogens with zero attached hydrogens (tertiary/aromatic N) is 2. The van der Waals surface area contributed by atoms with E-state index in [-0.39, 0.29) is 5.91 Å². The highest BCUT2D eigenvalue weighted by Gasteiger charge is 2.01. The number of carbonyl (C=O) groups is 1. The summed E-state index contributed by atoms with van der Waals surface area (Å²) in [5.74, 6) is -0.237. The Kier molecular flexibility index (Phi) is 4.45. The van der Waals surface area contributed by atoms with Crippen molar-refractivity contribution in [1.82, 2.24) is 10.0 Å². The van der Waals surface area contributed by atoms with E-state index in [0.717, 1.165) is 9.67 Å². The lowest BCUT2D eigenvalue weighted by atomic mass is 10.3. The van der Waals surface area contributed by atoms with Crippen molar-refractivity contribution in [3.8, 4) is 0 Å². The molecule has 1 aromatic rings. The number of pyridine rings is 1. The fourth-order valence-electron chi connectivity index (χ4n) is 0.868. The van der Waals surface area contributed by atoms with Gasteiger partial charge in [-0.25, -0.2) is 10.0 Å². The minimum atomic E-state index is -0.237. The van der Waals surface area contributed by atoms with Gasteiger partial charge in [0.05, 0.1) is 12.8 Å². The van der Waals surface area contributed by atoms with Crippen molar-refractivity contribution in [2.24, 2.45) is 0 Å². The first-order valence-corrected chi connectivity index (χ1v) is 5.05. The van der Waals surface area contributed by atoms with Crippen molar-refractivity contribution in [2.45, 2.75) is 0 Å². The SMILES string of the molecule is CON(C)C(=O)/C=C/c1cccc(Br)n1. The molecular weight excluding hydrogens is 260 g/mol. The molecule has 0 radical (unpaired) electrons. The van der Waals surface area contributed by atoms with E-state index < -0.39 is 0 Å². The molecule has 5 heteroatoms. The van der Waals surface area contributed by atoms with Gasteiger partial charge in [0.2, 0.25) is 0 Å². The standard InChI is InChI=1S/C10H11BrN2O2/c1-13(15-2)10(14)7-6-8-4-3-5-9(11)12-8/h3-7H,1-2H3/b7-6+. The van der Waals surface area contributed by atoms with Crippen molar-refractivity contribution >= 4 is 27.9 Å². The number of aromatic nitrogens is 1. The van der Waals surface area contributed by atoms with Crippen LogP contribution in [0.1, 0.15) is 5.69 Å². The highest BCUT2D eigenvalue weighted by atomic mass is 79.9. The second-order valence-electron chi connectivity index (χ2n) is 2.74. The van der Waals surface area contributed by atoms with Crippen LogP contribution in [-0.4, -0.2) is 30.1 Å². The number of amides is 1. The Bertz CT molecular complexity index is 379. The zero-order valence-electron chi connectivity index (χ0n) is 8.48. The van der Waals surface area contributed by atoms with E-state index in [4.69, 9.17) is 4.84 Å². The van der Waals surface area contributed by atoms with E-state index in [2.05, 4.69) is 20.9 Å². The fraction of sp³-hybridized carbons (Fsp3) is 0.200. The summed E-state index contributed by atoms with van der Waals surface area (Å²) in [4.78, 5) is 20.2. The minimum Gasteiger partial charge on any atom is -0.274 e. The molecule has 1 aromatic heterocycles. The van der Waals surface area contributed by atoms with Crippen molar-refractivity contribution in [3.63, 3.8) is 0 Å². The van der Waals surface area contributed by atoms with Gasteiger partial charge in [-0.15, -0.1) is 0 Å². The Morgan fingerprint density at radius 3 is 2.93 bits per heavy atom. The van der Waals surface area contributed by atoms with Crippen LogP contribution in [0.4, 0.5) is 0 Å². The normalized spacial score (nSPS) is 10.6. The molecule has 0 fully saturated rings. The van der Waals surface area contributed by atoms with E-state index in [9.17, 15) is 4.79 Å². The van der Waals surface area contributed by atoms with Gasteiger partial charge < -0.3 is 0 Å². The quantitative estimate of drug-likeness (QED) is 0.479. The van der Waals surface area contributed by atoms with Crippen molar-refractivity contribution in [1.29, 1.82) is 0 Å². The summed E-state index contributed by atoms with van der Waals surface area (Å²) in [6.45, 7) is 0. The fourth-order valence-corrected chi connectivity index (χ4v) is 1.23. The molecular formula is C10H11BrN2O2. The zero-order chi connectivity index (χ0) is 11.3. The number of halogens is 1. The maximum Gasteiger partial charge on any atom is 0.269 e. The third kappa shape index (κ3) is 3.81. The Labute approximate surface area is 96.6 Å². The van der Waals surface area contributed by atoms with Gasteiger partial charge in [-0.2, -0.15) is 0 Å². The maximum atomic E-state index is 11.3. The van der Waals surface area contributed by atoms with E-state index >= 15 is 0 Å². The first-order chi connectivity index (χ1) is 7.13. The second kappa shape index (κ2) is 5.63. The Morgan fingerprint density at radius 2 is 2.33 bits per heavy atom. The lowest BCUT2D eigenvalue weighted by Crippen LogP contribution is -2.22. The Balaban J connectivity index is 2.69. The van der Waals surface area contributed by atoms with Gasteiger partial charge in [0.1, 0.15) is 4.60 Å². The van der Waals surface area contributed by atoms with Gasteiger partial charge in [0, 0.05) is 13.1 Å². The van der Waals surface area contributed by atoms with E-state index in [0.29, 0.717) is 5.69 Å². The Hall–Kier alpha value is -1.20. The van der Waals surface area contributed by atoms with Crippen LogP contribution >= 0.6 is 15.9 Å². The number of hydroxylamine groups is 2. The van der Waals surface area contributed by atoms with E-state index in [1.54, 1.807) is 19.2 Å². The van der Waals surface area contributed by atoms with Crippen LogP contribution in [-0.2, 0) is 9.63 Å². The molecule has 0 spiro atoms. The molecule has 0 saturated heterocycles. The lowest BCUT2D eigenvalue weighted by molar-refractivity contribution is -0.162. The molecule has 0 saturated carbocycles. The van der Waals surface area contributed by atoms with Gasteiger partial charge in [-0.1, -0.05) is 6.07 Å². The van der Waals surface area contributed by atoms with Gasteiger partial charge >= 0.3 is 0 Å². The molecule has 15 heavy (non-hydrogen) atoms. The van der Waals surface area contributed by atoms with Crippen LogP contribution < -0.4 is 0 Å². The molecule has 80 valence electrons. The van der Waals surface area contributed by atoms with Gasteiger partial charge in [-0.3, -0.25) is 9.63 Å². The summed E-state index contributed by atoms with van der Waals surface area (Å²) in [6, 6.07) is 5.48. The summed E-state index contributed by atoms with van der Waals surface area (Å²) in [5.41, 5.74) is 0.710. The van der Waals surface area contributed by atoms with Gasteiger partial charge in [0.25, 0.3) is 5.91 Å². The molecule has 0 aromatic carbocycles. The lowest BCUT2D eigenvalue weighted by Gasteiger charge is -2.09. The Morgan fingerprint density at radius 1 is 1.60 bits per heavy atom. The third-order valence-electron chi connectivity index (χ3n) is 1.72. The summed E-state index contributed by atoms with van der Waals surface area (Å²) in [5, 5.41) is 1.13. The molecule has 0 atom stereocenters. The van der Waals surface area contributed by atoms with Crippen molar-refractivity contribution < 1.29 is 9.63 Å². The average molecular weight is 271 g/mol. The summed E-state index contributed by atoms with van der Waals surface area (Å²) < 4.78 is 0.734. The van der Waals surface area contributed by atoms with Crippen LogP contribution in [0.25, 0.3) is 6.08 Å². The molecule has 1 rings (SSSR count). The van der Waals surface area contributed by atoms with E-state index in [1.165, 1.54) is 13.2 Å². The van der Waals surface area contributed by atoms with E-state index in [1.807, 2.05) is 12.1 Å². The van der Waals surface area contributed by atoms with Crippen LogP contribution in [0.3, 0.4) is 0 Å². The smallest absolute Gasteiger partial charge is 0.269 e. The van der Waals surface area contributed by atoms with Crippen LogP contribution in [0.2, 0.25) is 0 Å². The predicted octanol–water partition coefficient (Wildman–Crippen LogP) is 1.88. The third-order valence-corrected chi connectivity index (χ3v) is 2.16. The number of rotatable bonds is 3. The molecule has 0 aliphatic carbocycles. The molecule has 0 aliphatic heterocycles. The van der Waals surface area contributed by atoms with Crippen molar-refractivity contribution in [3.05, 3.63) is 34.6 Å². The largest absolute Gasteiger partial charge is 0.274 e. The number of carbonyl (C=O) groups excluding carboxylic acids is 1. The topological polar surface area (TPSA) is 42.4 Å². The average Bonchev–Trinajstić information content (AvgIpc) is 2.25. The number of likely N-dealkylation sites (N-methyl/N-ethyl adjacent to an activating group) is 1. The second-order valence-corrected chi connectivity index (χ2v) is 3.55. The molecule has 1 heterocycles. The molecule has 0 aliphatic rings. The van der Waals surface area contributed by atoms with Gasteiger partial charge in [0.15, 0.2) is 0 Å². The highest BCUT2D eigenvalue weighted by molar-refractivity contribution is 9.10. The summed E-state index contributed by atoms with van der Waals surface area (Å²) in [6.07, 6.45) is 3.03. The maximum absolute atomic E-state index is 11.3. The molecule has 0 bridgehead atoms. The van der Waals surface area contributed by atoms with Crippen LogP contribution in [0.15, 0.2) is 28.9 Å². The first-order valence-electron chi connectivity index (χ1n) is 4.26. The monoisotopic (exact) mass is 270 g/mol. The number of hydrogen-bond acceptors (Lipinski definition) is 3. The molecule has 1 amide bonds.